The number of benzene rings is 1. The first-order valence-corrected chi connectivity index (χ1v) is 8.39. The van der Waals surface area contributed by atoms with Gasteiger partial charge in [-0.25, -0.2) is 14.4 Å². The molecule has 0 saturated carbocycles. The Morgan fingerprint density at radius 1 is 1.06 bits per heavy atom. The summed E-state index contributed by atoms with van der Waals surface area (Å²) in [6.07, 6.45) is -9.74. The summed E-state index contributed by atoms with van der Waals surface area (Å²) in [5, 5.41) is 22.9. The number of anilines is 1. The van der Waals surface area contributed by atoms with Crippen LogP contribution >= 0.6 is 0 Å². The monoisotopic (exact) mass is 476 g/mol. The Bertz CT molecular complexity index is 841. The number of aromatic carboxylic acids is 1. The zero-order valence-electron chi connectivity index (χ0n) is 15.7. The van der Waals surface area contributed by atoms with Gasteiger partial charge in [-0.05, 0) is 18.9 Å². The van der Waals surface area contributed by atoms with Crippen LogP contribution in [0.2, 0.25) is 0 Å². The second kappa shape index (κ2) is 10.7. The number of carboxylic acids is 1. The predicted octanol–water partition coefficient (Wildman–Crippen LogP) is 3.06. The largest absolute Gasteiger partial charge is 0.491 e. The lowest BCUT2D eigenvalue weighted by molar-refractivity contribution is -0.384. The molecular formula is C16H14F6N2O8. The smallest absolute Gasteiger partial charge is 0.478 e. The summed E-state index contributed by atoms with van der Waals surface area (Å²) < 4.78 is 74.9. The number of carbonyl (C=O) groups is 3. The minimum absolute atomic E-state index is 0.0390. The maximum atomic E-state index is 11.2. The van der Waals surface area contributed by atoms with Gasteiger partial charge in [-0.3, -0.25) is 10.1 Å². The van der Waals surface area contributed by atoms with Crippen molar-refractivity contribution in [2.75, 3.05) is 18.5 Å². The van der Waals surface area contributed by atoms with Crippen LogP contribution in [-0.4, -0.2) is 59.5 Å². The van der Waals surface area contributed by atoms with Crippen LogP contribution in [0.3, 0.4) is 0 Å². The number of nitro benzene ring substituents is 1. The molecule has 0 aliphatic carbocycles. The lowest BCUT2D eigenvalue weighted by atomic mass is 10.1. The highest BCUT2D eigenvalue weighted by Gasteiger charge is 2.49. The maximum absolute atomic E-state index is 11.2. The van der Waals surface area contributed by atoms with Crippen molar-refractivity contribution in [3.05, 3.63) is 33.9 Å². The molecule has 1 aromatic rings. The molecule has 16 heteroatoms. The van der Waals surface area contributed by atoms with E-state index in [0.717, 1.165) is 12.8 Å². The zero-order valence-corrected chi connectivity index (χ0v) is 15.7. The first-order valence-electron chi connectivity index (χ1n) is 8.39. The van der Waals surface area contributed by atoms with E-state index in [0.29, 0.717) is 13.2 Å². The lowest BCUT2D eigenvalue weighted by Gasteiger charge is -2.24. The van der Waals surface area contributed by atoms with E-state index in [1.165, 1.54) is 18.2 Å². The average Bonchev–Trinajstić information content (AvgIpc) is 2.67. The molecule has 2 N–H and O–H groups in total. The number of esters is 2. The van der Waals surface area contributed by atoms with Crippen LogP contribution in [0.1, 0.15) is 23.2 Å². The van der Waals surface area contributed by atoms with Crippen LogP contribution in [0, 0.1) is 10.1 Å². The van der Waals surface area contributed by atoms with E-state index in [1.807, 2.05) is 0 Å². The number of nitro groups is 1. The first kappa shape index (κ1) is 26.6. The highest BCUT2D eigenvalue weighted by atomic mass is 19.4. The molecule has 2 rings (SSSR count). The van der Waals surface area contributed by atoms with Crippen LogP contribution in [0.25, 0.3) is 0 Å². The Labute approximate surface area is 174 Å². The zero-order chi connectivity index (χ0) is 24.7. The van der Waals surface area contributed by atoms with Crippen LogP contribution in [0.4, 0.5) is 37.7 Å². The molecular weight excluding hydrogens is 462 g/mol. The number of non-ortho nitro benzene ring substituents is 1. The van der Waals surface area contributed by atoms with Crippen molar-refractivity contribution in [1.82, 2.24) is 0 Å². The molecule has 1 aliphatic heterocycles. The summed E-state index contributed by atoms with van der Waals surface area (Å²) in [6.45, 7) is 1.21. The highest BCUT2D eigenvalue weighted by Crippen LogP contribution is 2.25. The molecule has 0 amide bonds. The van der Waals surface area contributed by atoms with Crippen molar-refractivity contribution in [3.8, 4) is 0 Å². The molecule has 0 atom stereocenters. The third-order valence-electron chi connectivity index (χ3n) is 3.67. The predicted molar refractivity (Wildman–Crippen MR) is 90.7 cm³/mol. The molecule has 0 bridgehead atoms. The Morgan fingerprint density at radius 2 is 1.56 bits per heavy atom. The second-order valence-electron chi connectivity index (χ2n) is 6.00. The summed E-state index contributed by atoms with van der Waals surface area (Å²) >= 11 is 0. The average molecular weight is 476 g/mol. The van der Waals surface area contributed by atoms with Crippen molar-refractivity contribution < 1.29 is 60.2 Å². The number of rotatable bonds is 4. The van der Waals surface area contributed by atoms with Gasteiger partial charge in [0.25, 0.3) is 5.69 Å². The topological polar surface area (TPSA) is 145 Å². The maximum Gasteiger partial charge on any atom is 0.491 e. The number of carbonyl (C=O) groups excluding carboxylic acids is 2. The number of hydrogen-bond acceptors (Lipinski definition) is 8. The summed E-state index contributed by atoms with van der Waals surface area (Å²) in [4.78, 5) is 40.6. The van der Waals surface area contributed by atoms with E-state index in [4.69, 9.17) is 9.84 Å². The Hall–Kier alpha value is -3.43. The molecule has 0 spiro atoms. The van der Waals surface area contributed by atoms with Gasteiger partial charge >= 0.3 is 30.3 Å². The molecule has 1 aromatic carbocycles. The fraction of sp³-hybridized carbons (Fsp3) is 0.438. The van der Waals surface area contributed by atoms with Crippen molar-refractivity contribution in [2.45, 2.75) is 31.2 Å². The lowest BCUT2D eigenvalue weighted by Crippen LogP contribution is -2.34. The van der Waals surface area contributed by atoms with Crippen LogP contribution in [0.5, 0.6) is 0 Å². The minimum Gasteiger partial charge on any atom is -0.478 e. The Kier molecular flexibility index (Phi) is 8.93. The number of nitrogens with one attached hydrogen (secondary N) is 1. The van der Waals surface area contributed by atoms with Gasteiger partial charge in [0.05, 0.1) is 16.2 Å². The van der Waals surface area contributed by atoms with Crippen molar-refractivity contribution >= 4 is 29.3 Å². The van der Waals surface area contributed by atoms with E-state index in [2.05, 4.69) is 10.1 Å². The first-order chi connectivity index (χ1) is 14.6. The number of nitrogens with zero attached hydrogens (tertiary/aromatic N) is 1. The Balaban J connectivity index is 0.000000347. The SMILES string of the molecule is O=C(O)c1ccc([N+](=O)[O-])cc1NC1CCOCC1.O=C(OC(=O)C(F)(F)F)C(F)(F)F. The summed E-state index contributed by atoms with van der Waals surface area (Å²) in [7, 11) is 0. The highest BCUT2D eigenvalue weighted by molar-refractivity contribution is 5.95. The molecule has 178 valence electrons. The van der Waals surface area contributed by atoms with E-state index >= 15 is 0 Å². The number of alkyl halides is 6. The number of carboxylic acid groups (broad SMARTS) is 1. The van der Waals surface area contributed by atoms with Gasteiger partial charge in [0.15, 0.2) is 0 Å². The third-order valence-corrected chi connectivity index (χ3v) is 3.67. The van der Waals surface area contributed by atoms with Crippen molar-refractivity contribution in [2.24, 2.45) is 0 Å². The van der Waals surface area contributed by atoms with Crippen LogP contribution in [0.15, 0.2) is 18.2 Å². The van der Waals surface area contributed by atoms with Crippen LogP contribution in [-0.2, 0) is 19.1 Å². The van der Waals surface area contributed by atoms with Crippen molar-refractivity contribution in [1.29, 1.82) is 0 Å². The summed E-state index contributed by atoms with van der Waals surface area (Å²) in [5.74, 6) is -7.51. The van der Waals surface area contributed by atoms with Crippen molar-refractivity contribution in [3.63, 3.8) is 0 Å². The van der Waals surface area contributed by atoms with Gasteiger partial charge in [-0.2, -0.15) is 26.3 Å². The van der Waals surface area contributed by atoms with E-state index in [9.17, 15) is 50.8 Å². The van der Waals surface area contributed by atoms with Gasteiger partial charge in [-0.15, -0.1) is 0 Å². The number of halogens is 6. The van der Waals surface area contributed by atoms with Gasteiger partial charge in [0, 0.05) is 31.4 Å². The van der Waals surface area contributed by atoms with Gasteiger partial charge in [0.1, 0.15) is 0 Å². The molecule has 0 radical (unpaired) electrons. The fourth-order valence-corrected chi connectivity index (χ4v) is 2.21. The van der Waals surface area contributed by atoms with Gasteiger partial charge < -0.3 is 19.9 Å². The Morgan fingerprint density at radius 3 is 1.97 bits per heavy atom. The van der Waals surface area contributed by atoms with Gasteiger partial charge in [0.2, 0.25) is 0 Å². The summed E-state index contributed by atoms with van der Waals surface area (Å²) in [5.41, 5.74) is 0.199. The number of ether oxygens (including phenoxy) is 2. The van der Waals surface area contributed by atoms with Gasteiger partial charge in [-0.1, -0.05) is 0 Å². The minimum atomic E-state index is -5.62. The normalized spacial score (nSPS) is 14.6. The molecule has 10 nitrogen and oxygen atoms in total. The molecule has 0 unspecified atom stereocenters. The molecule has 1 fully saturated rings. The standard InChI is InChI=1S/C12H14N2O5.C4F6O3/c15-12(16)10-2-1-9(14(17)18)7-11(10)13-8-3-5-19-6-4-8;5-3(6,7)1(11)13-2(12)4(8,9)10/h1-2,7-8,13H,3-6H2,(H,15,16);. The second-order valence-corrected chi connectivity index (χ2v) is 6.00. The van der Waals surface area contributed by atoms with E-state index in [-0.39, 0.29) is 23.0 Å². The molecule has 1 saturated heterocycles. The summed E-state index contributed by atoms with van der Waals surface area (Å²) in [6, 6.07) is 3.79. The van der Waals surface area contributed by atoms with Crippen LogP contribution < -0.4 is 5.32 Å². The molecule has 32 heavy (non-hydrogen) atoms. The third kappa shape index (κ3) is 8.37. The molecule has 1 aliphatic rings. The molecule has 1 heterocycles. The molecule has 0 aromatic heterocycles. The number of hydrogen-bond donors (Lipinski definition) is 2. The fourth-order valence-electron chi connectivity index (χ4n) is 2.21. The van der Waals surface area contributed by atoms with E-state index < -0.39 is 35.2 Å². The quantitative estimate of drug-likeness (QED) is 0.220. The van der Waals surface area contributed by atoms with E-state index in [1.54, 1.807) is 0 Å².